The molecular formula is C17H24OS. The van der Waals surface area contributed by atoms with Crippen LogP contribution in [0.5, 0.6) is 0 Å². The summed E-state index contributed by atoms with van der Waals surface area (Å²) in [7, 11) is 0. The van der Waals surface area contributed by atoms with Crippen LogP contribution in [0.15, 0.2) is 24.3 Å². The molecule has 2 heteroatoms. The molecule has 2 aliphatic rings. The Hall–Kier alpha value is -0.470. The maximum Gasteiger partial charge on any atom is 0.0883 e. The molecule has 0 saturated heterocycles. The summed E-state index contributed by atoms with van der Waals surface area (Å²) in [5.74, 6) is 1.58. The molecule has 2 fully saturated rings. The lowest BCUT2D eigenvalue weighted by atomic mass is 9.77. The van der Waals surface area contributed by atoms with Crippen LogP contribution in [0.4, 0.5) is 0 Å². The summed E-state index contributed by atoms with van der Waals surface area (Å²) in [6, 6.07) is 8.55. The fourth-order valence-corrected chi connectivity index (χ4v) is 4.58. The molecule has 1 unspecified atom stereocenters. The number of rotatable bonds is 5. The van der Waals surface area contributed by atoms with E-state index in [0.717, 1.165) is 11.0 Å². The van der Waals surface area contributed by atoms with Gasteiger partial charge in [-0.3, -0.25) is 0 Å². The molecule has 1 aromatic carbocycles. The van der Waals surface area contributed by atoms with Crippen LogP contribution in [0.1, 0.15) is 68.1 Å². The predicted molar refractivity (Wildman–Crippen MR) is 82.7 cm³/mol. The Morgan fingerprint density at radius 2 is 1.79 bits per heavy atom. The lowest BCUT2D eigenvalue weighted by Crippen LogP contribution is -2.14. The van der Waals surface area contributed by atoms with Crippen LogP contribution in [0.25, 0.3) is 0 Å². The number of aliphatic hydroxyl groups is 1. The normalized spacial score (nSPS) is 22.4. The van der Waals surface area contributed by atoms with Gasteiger partial charge in [-0.1, -0.05) is 43.5 Å². The largest absolute Gasteiger partial charge is 0.388 e. The van der Waals surface area contributed by atoms with Crippen molar-refractivity contribution in [3.8, 4) is 0 Å². The van der Waals surface area contributed by atoms with Crippen molar-refractivity contribution in [3.63, 3.8) is 0 Å². The standard InChI is InChI=1S/C17H24OS/c18-17(12-19-14-8-1-2-9-14)16-11-4-3-10-15(16)13-6-5-7-13/h3-4,10-11,13-14,17-18H,1-2,5-9,12H2. The third-order valence-electron chi connectivity index (χ3n) is 4.69. The van der Waals surface area contributed by atoms with Crippen molar-refractivity contribution >= 4 is 11.8 Å². The zero-order valence-corrected chi connectivity index (χ0v) is 12.4. The molecule has 0 heterocycles. The summed E-state index contributed by atoms with van der Waals surface area (Å²) in [6.07, 6.45) is 9.15. The van der Waals surface area contributed by atoms with E-state index < -0.39 is 0 Å². The molecule has 0 radical (unpaired) electrons. The van der Waals surface area contributed by atoms with E-state index in [9.17, 15) is 5.11 Å². The van der Waals surface area contributed by atoms with Crippen molar-refractivity contribution < 1.29 is 5.11 Å². The minimum absolute atomic E-state index is 0.276. The molecule has 3 rings (SSSR count). The average Bonchev–Trinajstić information content (AvgIpc) is 2.88. The quantitative estimate of drug-likeness (QED) is 0.844. The van der Waals surface area contributed by atoms with E-state index >= 15 is 0 Å². The highest BCUT2D eigenvalue weighted by atomic mass is 32.2. The Morgan fingerprint density at radius 1 is 1.05 bits per heavy atom. The van der Waals surface area contributed by atoms with Crippen LogP contribution in [-0.2, 0) is 0 Å². The van der Waals surface area contributed by atoms with Crippen molar-refractivity contribution in [2.75, 3.05) is 5.75 Å². The third kappa shape index (κ3) is 3.17. The van der Waals surface area contributed by atoms with Crippen molar-refractivity contribution in [2.45, 2.75) is 62.2 Å². The molecule has 0 aliphatic heterocycles. The Morgan fingerprint density at radius 3 is 2.47 bits per heavy atom. The van der Waals surface area contributed by atoms with E-state index in [1.54, 1.807) is 0 Å². The van der Waals surface area contributed by atoms with E-state index in [1.807, 2.05) is 11.8 Å². The van der Waals surface area contributed by atoms with Gasteiger partial charge in [0.05, 0.1) is 6.10 Å². The first-order valence-electron chi connectivity index (χ1n) is 7.73. The first kappa shape index (κ1) is 13.5. The Kier molecular flexibility index (Phi) is 4.49. The van der Waals surface area contributed by atoms with Crippen LogP contribution in [0.3, 0.4) is 0 Å². The van der Waals surface area contributed by atoms with Gasteiger partial charge in [-0.05, 0) is 42.7 Å². The molecule has 0 spiro atoms. The van der Waals surface area contributed by atoms with Crippen molar-refractivity contribution in [3.05, 3.63) is 35.4 Å². The highest BCUT2D eigenvalue weighted by molar-refractivity contribution is 7.99. The van der Waals surface area contributed by atoms with Gasteiger partial charge in [0.1, 0.15) is 0 Å². The van der Waals surface area contributed by atoms with Crippen LogP contribution in [0.2, 0.25) is 0 Å². The summed E-state index contributed by atoms with van der Waals surface area (Å²) >= 11 is 1.98. The monoisotopic (exact) mass is 276 g/mol. The second kappa shape index (κ2) is 6.32. The molecule has 19 heavy (non-hydrogen) atoms. The molecule has 0 bridgehead atoms. The molecule has 1 N–H and O–H groups in total. The lowest BCUT2D eigenvalue weighted by molar-refractivity contribution is 0.201. The lowest BCUT2D eigenvalue weighted by Gasteiger charge is -2.29. The minimum atomic E-state index is -0.276. The molecule has 2 saturated carbocycles. The fourth-order valence-electron chi connectivity index (χ4n) is 3.28. The van der Waals surface area contributed by atoms with Gasteiger partial charge in [-0.2, -0.15) is 11.8 Å². The maximum atomic E-state index is 10.5. The van der Waals surface area contributed by atoms with Crippen LogP contribution < -0.4 is 0 Å². The van der Waals surface area contributed by atoms with Gasteiger partial charge in [-0.15, -0.1) is 0 Å². The van der Waals surface area contributed by atoms with Crippen molar-refractivity contribution in [1.82, 2.24) is 0 Å². The van der Waals surface area contributed by atoms with E-state index in [4.69, 9.17) is 0 Å². The number of thioether (sulfide) groups is 1. The Balaban J connectivity index is 1.63. The fraction of sp³-hybridized carbons (Fsp3) is 0.647. The zero-order valence-electron chi connectivity index (χ0n) is 11.6. The molecule has 1 atom stereocenters. The molecule has 1 aromatic rings. The highest BCUT2D eigenvalue weighted by Crippen LogP contribution is 2.40. The molecule has 0 aromatic heterocycles. The smallest absolute Gasteiger partial charge is 0.0883 e. The zero-order chi connectivity index (χ0) is 13.1. The summed E-state index contributed by atoms with van der Waals surface area (Å²) in [6.45, 7) is 0. The van der Waals surface area contributed by atoms with E-state index in [1.165, 1.54) is 56.1 Å². The highest BCUT2D eigenvalue weighted by Gasteiger charge is 2.25. The van der Waals surface area contributed by atoms with Gasteiger partial charge in [0.25, 0.3) is 0 Å². The van der Waals surface area contributed by atoms with Gasteiger partial charge in [0.2, 0.25) is 0 Å². The Labute approximate surface area is 120 Å². The van der Waals surface area contributed by atoms with Gasteiger partial charge in [0.15, 0.2) is 0 Å². The topological polar surface area (TPSA) is 20.2 Å². The van der Waals surface area contributed by atoms with Gasteiger partial charge in [0, 0.05) is 11.0 Å². The predicted octanol–water partition coefficient (Wildman–Crippen LogP) is 4.66. The Bertz CT molecular complexity index is 407. The number of hydrogen-bond donors (Lipinski definition) is 1. The van der Waals surface area contributed by atoms with E-state index in [0.29, 0.717) is 5.92 Å². The van der Waals surface area contributed by atoms with Crippen molar-refractivity contribution in [1.29, 1.82) is 0 Å². The molecule has 2 aliphatic carbocycles. The first-order valence-corrected chi connectivity index (χ1v) is 8.78. The second-order valence-electron chi connectivity index (χ2n) is 6.01. The molecule has 1 nitrogen and oxygen atoms in total. The summed E-state index contributed by atoms with van der Waals surface area (Å²) in [4.78, 5) is 0. The van der Waals surface area contributed by atoms with E-state index in [-0.39, 0.29) is 6.10 Å². The van der Waals surface area contributed by atoms with Crippen LogP contribution in [0, 0.1) is 0 Å². The van der Waals surface area contributed by atoms with Gasteiger partial charge in [-0.25, -0.2) is 0 Å². The summed E-state index contributed by atoms with van der Waals surface area (Å²) < 4.78 is 0. The first-order chi connectivity index (χ1) is 9.34. The SMILES string of the molecule is OC(CSC1CCCC1)c1ccccc1C1CCC1. The van der Waals surface area contributed by atoms with E-state index in [2.05, 4.69) is 24.3 Å². The summed E-state index contributed by atoms with van der Waals surface area (Å²) in [5, 5.41) is 11.3. The number of benzene rings is 1. The van der Waals surface area contributed by atoms with Gasteiger partial charge >= 0.3 is 0 Å². The van der Waals surface area contributed by atoms with Gasteiger partial charge < -0.3 is 5.11 Å². The molecule has 0 amide bonds. The third-order valence-corrected chi connectivity index (χ3v) is 6.14. The number of aliphatic hydroxyl groups excluding tert-OH is 1. The molecular weight excluding hydrogens is 252 g/mol. The maximum absolute atomic E-state index is 10.5. The van der Waals surface area contributed by atoms with Crippen LogP contribution in [-0.4, -0.2) is 16.1 Å². The van der Waals surface area contributed by atoms with Crippen LogP contribution >= 0.6 is 11.8 Å². The minimum Gasteiger partial charge on any atom is -0.388 e. The second-order valence-corrected chi connectivity index (χ2v) is 7.35. The number of hydrogen-bond acceptors (Lipinski definition) is 2. The van der Waals surface area contributed by atoms with Crippen molar-refractivity contribution in [2.24, 2.45) is 0 Å². The molecule has 104 valence electrons. The summed E-state index contributed by atoms with van der Waals surface area (Å²) in [5.41, 5.74) is 2.60. The average molecular weight is 276 g/mol.